The van der Waals surface area contributed by atoms with Gasteiger partial charge in [0.2, 0.25) is 0 Å². The average Bonchev–Trinajstić information content (AvgIpc) is 2.55. The van der Waals surface area contributed by atoms with Gasteiger partial charge in [0.25, 0.3) is 0 Å². The maximum Gasteiger partial charge on any atom is 0.0491 e. The Morgan fingerprint density at radius 2 is 1.79 bits per heavy atom. The molecule has 1 aromatic carbocycles. The van der Waals surface area contributed by atoms with Gasteiger partial charge in [-0.25, -0.2) is 0 Å². The second-order valence-corrected chi connectivity index (χ2v) is 7.35. The van der Waals surface area contributed by atoms with Crippen LogP contribution in [0.3, 0.4) is 0 Å². The second kappa shape index (κ2) is 6.37. The summed E-state index contributed by atoms with van der Waals surface area (Å²) in [6, 6.07) is 14.9. The van der Waals surface area contributed by atoms with E-state index >= 15 is 0 Å². The highest BCUT2D eigenvalue weighted by molar-refractivity contribution is 6.33. The highest BCUT2D eigenvalue weighted by atomic mass is 35.5. The van der Waals surface area contributed by atoms with E-state index in [2.05, 4.69) is 48.9 Å². The normalized spacial score (nSPS) is 11.5. The molecule has 0 atom stereocenters. The molecule has 121 valence electrons. The van der Waals surface area contributed by atoms with Crippen molar-refractivity contribution in [3.63, 3.8) is 0 Å². The number of halogens is 1. The maximum absolute atomic E-state index is 6.31. The summed E-state index contributed by atoms with van der Waals surface area (Å²) in [7, 11) is 0. The molecule has 0 N–H and O–H groups in total. The van der Waals surface area contributed by atoms with E-state index in [0.29, 0.717) is 5.02 Å². The van der Waals surface area contributed by atoms with E-state index in [1.54, 1.807) is 6.07 Å². The molecule has 24 heavy (non-hydrogen) atoms. The van der Waals surface area contributed by atoms with Gasteiger partial charge in [-0.15, -0.1) is 0 Å². The fourth-order valence-corrected chi connectivity index (χ4v) is 2.86. The van der Waals surface area contributed by atoms with E-state index in [4.69, 9.17) is 11.6 Å². The minimum Gasteiger partial charge on any atom is -0.261 e. The Balaban J connectivity index is 2.13. The van der Waals surface area contributed by atoms with Gasteiger partial charge in [0.15, 0.2) is 0 Å². The average molecular weight is 336 g/mol. The molecule has 3 heteroatoms. The highest BCUT2D eigenvalue weighted by Crippen LogP contribution is 2.32. The molecule has 0 saturated carbocycles. The molecule has 0 saturated heterocycles. The first kappa shape index (κ1) is 16.7. The number of pyridine rings is 2. The molecular formula is C21H20ClN2. The van der Waals surface area contributed by atoms with Crippen molar-refractivity contribution >= 4 is 11.6 Å². The van der Waals surface area contributed by atoms with Crippen molar-refractivity contribution in [1.29, 1.82) is 0 Å². The summed E-state index contributed by atoms with van der Waals surface area (Å²) >= 11 is 6.31. The van der Waals surface area contributed by atoms with Crippen molar-refractivity contribution in [1.82, 2.24) is 9.97 Å². The minimum atomic E-state index is 0.00747. The van der Waals surface area contributed by atoms with Gasteiger partial charge in [0.05, 0.1) is 0 Å². The molecule has 0 spiro atoms. The molecule has 2 heterocycles. The third-order valence-electron chi connectivity index (χ3n) is 4.05. The lowest BCUT2D eigenvalue weighted by Gasteiger charge is -2.19. The lowest BCUT2D eigenvalue weighted by Crippen LogP contribution is -2.13. The Labute approximate surface area is 148 Å². The lowest BCUT2D eigenvalue weighted by molar-refractivity contribution is 0.569. The summed E-state index contributed by atoms with van der Waals surface area (Å²) < 4.78 is 0. The van der Waals surface area contributed by atoms with Crippen molar-refractivity contribution in [2.45, 2.75) is 33.1 Å². The smallest absolute Gasteiger partial charge is 0.0491 e. The highest BCUT2D eigenvalue weighted by Gasteiger charge is 2.17. The monoisotopic (exact) mass is 335 g/mol. The zero-order chi connectivity index (χ0) is 17.3. The van der Waals surface area contributed by atoms with Crippen LogP contribution < -0.4 is 0 Å². The minimum absolute atomic E-state index is 0.00747. The van der Waals surface area contributed by atoms with E-state index < -0.39 is 0 Å². The van der Waals surface area contributed by atoms with E-state index in [1.807, 2.05) is 37.5 Å². The number of aryl methyl sites for hydroxylation is 1. The molecule has 0 aliphatic rings. The van der Waals surface area contributed by atoms with Crippen LogP contribution in [0.4, 0.5) is 0 Å². The SMILES string of the molecule is Cc1ncc(-c2cc[c]cc2Cl)cc1-c1ccnc(C(C)(C)C)c1. The third-order valence-corrected chi connectivity index (χ3v) is 4.36. The molecule has 0 amide bonds. The molecule has 2 nitrogen and oxygen atoms in total. The van der Waals surface area contributed by atoms with Crippen LogP contribution in [0, 0.1) is 13.0 Å². The van der Waals surface area contributed by atoms with E-state index in [-0.39, 0.29) is 5.41 Å². The summed E-state index contributed by atoms with van der Waals surface area (Å²) in [4.78, 5) is 9.09. The van der Waals surface area contributed by atoms with Gasteiger partial charge in [-0.2, -0.15) is 0 Å². The first-order valence-electron chi connectivity index (χ1n) is 7.96. The number of hydrogen-bond donors (Lipinski definition) is 0. The summed E-state index contributed by atoms with van der Waals surface area (Å²) in [5.74, 6) is 0. The van der Waals surface area contributed by atoms with E-state index in [9.17, 15) is 0 Å². The predicted molar refractivity (Wildman–Crippen MR) is 100 cm³/mol. The Kier molecular flexibility index (Phi) is 4.42. The third kappa shape index (κ3) is 3.34. The van der Waals surface area contributed by atoms with Crippen molar-refractivity contribution in [3.05, 3.63) is 71.3 Å². The number of nitrogens with zero attached hydrogens (tertiary/aromatic N) is 2. The van der Waals surface area contributed by atoms with Crippen LogP contribution in [-0.4, -0.2) is 9.97 Å². The first-order valence-corrected chi connectivity index (χ1v) is 8.33. The molecule has 2 aromatic heterocycles. The van der Waals surface area contributed by atoms with Gasteiger partial charge in [0, 0.05) is 50.9 Å². The van der Waals surface area contributed by atoms with Crippen molar-refractivity contribution in [2.75, 3.05) is 0 Å². The summed E-state index contributed by atoms with van der Waals surface area (Å²) in [5, 5.41) is 0.680. The largest absolute Gasteiger partial charge is 0.261 e. The van der Waals surface area contributed by atoms with Gasteiger partial charge in [-0.3, -0.25) is 9.97 Å². The van der Waals surface area contributed by atoms with Crippen LogP contribution in [-0.2, 0) is 5.41 Å². The molecule has 0 aliphatic heterocycles. The van der Waals surface area contributed by atoms with Crippen LogP contribution in [0.5, 0.6) is 0 Å². The molecule has 3 rings (SSSR count). The van der Waals surface area contributed by atoms with Gasteiger partial charge < -0.3 is 0 Å². The number of hydrogen-bond acceptors (Lipinski definition) is 2. The molecule has 0 bridgehead atoms. The van der Waals surface area contributed by atoms with Gasteiger partial charge in [0.1, 0.15) is 0 Å². The molecule has 0 unspecified atom stereocenters. The van der Waals surface area contributed by atoms with Gasteiger partial charge in [-0.05, 0) is 42.8 Å². The molecular weight excluding hydrogens is 316 g/mol. The number of rotatable bonds is 2. The first-order chi connectivity index (χ1) is 11.4. The Morgan fingerprint density at radius 3 is 2.50 bits per heavy atom. The molecule has 0 aliphatic carbocycles. The topological polar surface area (TPSA) is 25.8 Å². The zero-order valence-electron chi connectivity index (χ0n) is 14.4. The quantitative estimate of drug-likeness (QED) is 0.585. The van der Waals surface area contributed by atoms with Gasteiger partial charge >= 0.3 is 0 Å². The maximum atomic E-state index is 6.31. The predicted octanol–water partition coefficient (Wildman–Crippen LogP) is 5.87. The Bertz CT molecular complexity index is 879. The number of aromatic nitrogens is 2. The van der Waals surface area contributed by atoms with Crippen molar-refractivity contribution in [2.24, 2.45) is 0 Å². The Hall–Kier alpha value is -2.19. The summed E-state index contributed by atoms with van der Waals surface area (Å²) in [6.45, 7) is 8.53. The Morgan fingerprint density at radius 1 is 1.00 bits per heavy atom. The molecule has 3 aromatic rings. The zero-order valence-corrected chi connectivity index (χ0v) is 15.1. The fourth-order valence-electron chi connectivity index (χ4n) is 2.63. The fraction of sp³-hybridized carbons (Fsp3) is 0.238. The second-order valence-electron chi connectivity index (χ2n) is 6.94. The van der Waals surface area contributed by atoms with Crippen LogP contribution in [0.1, 0.15) is 32.2 Å². The molecule has 0 fully saturated rings. The van der Waals surface area contributed by atoms with Crippen LogP contribution in [0.25, 0.3) is 22.3 Å². The summed E-state index contributed by atoms with van der Waals surface area (Å²) in [6.07, 6.45) is 3.73. The molecule has 1 radical (unpaired) electrons. The van der Waals surface area contributed by atoms with Crippen molar-refractivity contribution in [3.8, 4) is 22.3 Å². The van der Waals surface area contributed by atoms with E-state index in [0.717, 1.165) is 33.6 Å². The van der Waals surface area contributed by atoms with Crippen LogP contribution in [0.2, 0.25) is 5.02 Å². The van der Waals surface area contributed by atoms with Crippen LogP contribution >= 0.6 is 11.6 Å². The van der Waals surface area contributed by atoms with Crippen LogP contribution in [0.15, 0.2) is 48.8 Å². The van der Waals surface area contributed by atoms with Crippen molar-refractivity contribution < 1.29 is 0 Å². The van der Waals surface area contributed by atoms with Gasteiger partial charge in [-0.1, -0.05) is 44.5 Å². The standard InChI is InChI=1S/C21H20ClN2/c1-14-18(15-9-10-23-20(12-15)21(2,3)4)11-16(13-24-14)17-7-5-6-8-19(17)22/h5,7-13H,1-4H3. The summed E-state index contributed by atoms with van der Waals surface area (Å²) in [5.41, 5.74) is 6.26. The van der Waals surface area contributed by atoms with E-state index in [1.165, 1.54) is 0 Å². The number of benzene rings is 1. The lowest BCUT2D eigenvalue weighted by atomic mass is 9.89.